The molecule has 4 aromatic heterocycles. The molecular formula is C33H31FN6. The van der Waals surface area contributed by atoms with Crippen LogP contribution in [-0.2, 0) is 6.54 Å². The third kappa shape index (κ3) is 4.77. The van der Waals surface area contributed by atoms with Gasteiger partial charge in [-0.2, -0.15) is 5.10 Å². The average molecular weight is 531 g/mol. The molecule has 0 unspecified atom stereocenters. The number of fused-ring (bicyclic) bond motifs is 2. The zero-order valence-electron chi connectivity index (χ0n) is 22.5. The van der Waals surface area contributed by atoms with E-state index in [4.69, 9.17) is 0 Å². The minimum Gasteiger partial charge on any atom is -0.353 e. The summed E-state index contributed by atoms with van der Waals surface area (Å²) < 4.78 is 14.2. The predicted octanol–water partition coefficient (Wildman–Crippen LogP) is 7.56. The summed E-state index contributed by atoms with van der Waals surface area (Å²) in [5, 5.41) is 13.4. The number of rotatable bonds is 7. The van der Waals surface area contributed by atoms with E-state index in [1.807, 2.05) is 31.5 Å². The van der Waals surface area contributed by atoms with Crippen molar-refractivity contribution in [1.29, 1.82) is 0 Å². The van der Waals surface area contributed by atoms with E-state index in [2.05, 4.69) is 60.8 Å². The van der Waals surface area contributed by atoms with Gasteiger partial charge in [-0.05, 0) is 97.4 Å². The summed E-state index contributed by atoms with van der Waals surface area (Å²) in [5.41, 5.74) is 9.31. The number of hydrogen-bond donors (Lipinski definition) is 3. The third-order valence-electron chi connectivity index (χ3n) is 8.05. The molecule has 0 bridgehead atoms. The molecule has 1 aliphatic rings. The van der Waals surface area contributed by atoms with Gasteiger partial charge in [-0.3, -0.25) is 15.1 Å². The molecule has 0 spiro atoms. The number of nitrogens with zero attached hydrogens (tertiary/aromatic N) is 3. The van der Waals surface area contributed by atoms with Gasteiger partial charge in [0.25, 0.3) is 0 Å². The largest absolute Gasteiger partial charge is 0.353 e. The number of aryl methyl sites for hydroxylation is 1. The van der Waals surface area contributed by atoms with Crippen molar-refractivity contribution in [3.63, 3.8) is 0 Å². The second-order valence-electron chi connectivity index (χ2n) is 11.0. The molecule has 0 atom stereocenters. The molecule has 4 heterocycles. The predicted molar refractivity (Wildman–Crippen MR) is 158 cm³/mol. The van der Waals surface area contributed by atoms with Crippen molar-refractivity contribution in [2.45, 2.75) is 39.2 Å². The van der Waals surface area contributed by atoms with Crippen molar-refractivity contribution in [2.75, 3.05) is 6.54 Å². The van der Waals surface area contributed by atoms with E-state index in [9.17, 15) is 4.39 Å². The van der Waals surface area contributed by atoms with Gasteiger partial charge in [0.15, 0.2) is 0 Å². The number of H-pyrrole nitrogens is 2. The molecule has 7 heteroatoms. The quantitative estimate of drug-likeness (QED) is 0.199. The molecule has 2 aromatic carbocycles. The molecule has 1 fully saturated rings. The molecule has 40 heavy (non-hydrogen) atoms. The van der Waals surface area contributed by atoms with Crippen LogP contribution in [0.1, 0.15) is 36.8 Å². The number of aromatic amines is 2. The van der Waals surface area contributed by atoms with Gasteiger partial charge >= 0.3 is 0 Å². The number of hydrogen-bond acceptors (Lipinski definition) is 4. The summed E-state index contributed by atoms with van der Waals surface area (Å²) in [6.07, 6.45) is 11.0. The van der Waals surface area contributed by atoms with Crippen molar-refractivity contribution >= 4 is 21.8 Å². The van der Waals surface area contributed by atoms with Crippen LogP contribution in [0.15, 0.2) is 73.2 Å². The zero-order chi connectivity index (χ0) is 27.1. The van der Waals surface area contributed by atoms with Crippen LogP contribution in [0.5, 0.6) is 0 Å². The Morgan fingerprint density at radius 1 is 0.875 bits per heavy atom. The van der Waals surface area contributed by atoms with Crippen molar-refractivity contribution in [3.8, 4) is 33.8 Å². The number of benzene rings is 2. The number of pyridine rings is 2. The fraction of sp³-hybridized carbons (Fsp3) is 0.242. The number of halogens is 1. The molecular weight excluding hydrogens is 499 g/mol. The van der Waals surface area contributed by atoms with E-state index >= 15 is 0 Å². The highest BCUT2D eigenvalue weighted by Gasteiger charge is 2.16. The van der Waals surface area contributed by atoms with Gasteiger partial charge in [0, 0.05) is 52.6 Å². The molecule has 6 aromatic rings. The second kappa shape index (κ2) is 10.3. The highest BCUT2D eigenvalue weighted by atomic mass is 19.1. The van der Waals surface area contributed by atoms with Crippen LogP contribution in [0, 0.1) is 18.7 Å². The third-order valence-corrected chi connectivity index (χ3v) is 8.05. The summed E-state index contributed by atoms with van der Waals surface area (Å²) in [4.78, 5) is 12.6. The number of nitrogens with one attached hydrogen (secondary N) is 3. The van der Waals surface area contributed by atoms with Crippen LogP contribution in [0.2, 0.25) is 0 Å². The average Bonchev–Trinajstić information content (AvgIpc) is 3.71. The van der Waals surface area contributed by atoms with E-state index < -0.39 is 0 Å². The molecule has 0 saturated heterocycles. The van der Waals surface area contributed by atoms with Gasteiger partial charge in [0.2, 0.25) is 0 Å². The van der Waals surface area contributed by atoms with Crippen LogP contribution in [0.3, 0.4) is 0 Å². The molecule has 0 amide bonds. The Kier molecular flexibility index (Phi) is 6.36. The molecule has 0 aliphatic heterocycles. The Morgan fingerprint density at radius 2 is 1.75 bits per heavy atom. The van der Waals surface area contributed by atoms with Crippen LogP contribution in [0.4, 0.5) is 4.39 Å². The molecule has 1 saturated carbocycles. The van der Waals surface area contributed by atoms with Gasteiger partial charge in [0.05, 0.1) is 16.9 Å². The highest BCUT2D eigenvalue weighted by molar-refractivity contribution is 6.00. The fourth-order valence-electron chi connectivity index (χ4n) is 6.06. The van der Waals surface area contributed by atoms with Crippen LogP contribution < -0.4 is 5.32 Å². The summed E-state index contributed by atoms with van der Waals surface area (Å²) >= 11 is 0. The monoisotopic (exact) mass is 530 g/mol. The first-order valence-corrected chi connectivity index (χ1v) is 14.0. The highest BCUT2D eigenvalue weighted by Crippen LogP contribution is 2.35. The molecule has 3 N–H and O–H groups in total. The Morgan fingerprint density at radius 3 is 2.62 bits per heavy atom. The second-order valence-corrected chi connectivity index (χ2v) is 11.0. The molecule has 0 radical (unpaired) electrons. The summed E-state index contributed by atoms with van der Waals surface area (Å²) in [6.45, 7) is 3.79. The van der Waals surface area contributed by atoms with Crippen molar-refractivity contribution in [2.24, 2.45) is 5.92 Å². The van der Waals surface area contributed by atoms with Gasteiger partial charge in [-0.25, -0.2) is 4.39 Å². The molecule has 200 valence electrons. The van der Waals surface area contributed by atoms with Crippen LogP contribution in [-0.4, -0.2) is 31.7 Å². The topological polar surface area (TPSA) is 82.3 Å². The van der Waals surface area contributed by atoms with Crippen molar-refractivity contribution < 1.29 is 4.39 Å². The summed E-state index contributed by atoms with van der Waals surface area (Å²) in [6, 6.07) is 17.6. The fourth-order valence-corrected chi connectivity index (χ4v) is 6.06. The zero-order valence-corrected chi connectivity index (χ0v) is 22.5. The smallest absolute Gasteiger partial charge is 0.124 e. The molecule has 7 rings (SSSR count). The Balaban J connectivity index is 1.21. The van der Waals surface area contributed by atoms with E-state index in [0.717, 1.165) is 80.1 Å². The maximum absolute atomic E-state index is 14.2. The molecule has 6 nitrogen and oxygen atoms in total. The first-order valence-electron chi connectivity index (χ1n) is 14.0. The van der Waals surface area contributed by atoms with E-state index in [1.54, 1.807) is 6.20 Å². The first kappa shape index (κ1) is 24.7. The van der Waals surface area contributed by atoms with E-state index in [1.165, 1.54) is 43.4 Å². The summed E-state index contributed by atoms with van der Waals surface area (Å²) in [5.74, 6) is 0.547. The van der Waals surface area contributed by atoms with Crippen molar-refractivity contribution in [1.82, 2.24) is 30.5 Å². The van der Waals surface area contributed by atoms with Gasteiger partial charge in [-0.15, -0.1) is 0 Å². The van der Waals surface area contributed by atoms with Crippen molar-refractivity contribution in [3.05, 3.63) is 90.1 Å². The standard InChI is InChI=1S/C33H31FN6/c1-20-10-24(13-26(34)11-20)32-28-15-31(38-29(28)8-9-37-32)33-27-14-23(6-7-30(27)39-40-33)25-12-22(18-36-19-25)17-35-16-21-4-2-3-5-21/h6-15,18-19,21,35,38H,2-5,16-17H2,1H3,(H,39,40). The van der Waals surface area contributed by atoms with Gasteiger partial charge in [-0.1, -0.05) is 18.9 Å². The maximum atomic E-state index is 14.2. The maximum Gasteiger partial charge on any atom is 0.124 e. The van der Waals surface area contributed by atoms with Gasteiger partial charge < -0.3 is 10.3 Å². The minimum absolute atomic E-state index is 0.265. The van der Waals surface area contributed by atoms with Gasteiger partial charge in [0.1, 0.15) is 11.5 Å². The normalized spacial score (nSPS) is 14.1. The van der Waals surface area contributed by atoms with E-state index in [-0.39, 0.29) is 5.82 Å². The Hall–Kier alpha value is -4.36. The summed E-state index contributed by atoms with van der Waals surface area (Å²) in [7, 11) is 0. The van der Waals surface area contributed by atoms with E-state index in [0.29, 0.717) is 0 Å². The molecule has 1 aliphatic carbocycles. The lowest BCUT2D eigenvalue weighted by Crippen LogP contribution is -2.20. The minimum atomic E-state index is -0.265. The SMILES string of the molecule is Cc1cc(F)cc(-c2nccc3[nH]c(-c4n[nH]c5ccc(-c6cncc(CNCC7CCCC7)c6)cc45)cc23)c1. The number of aromatic nitrogens is 5. The first-order chi connectivity index (χ1) is 19.6. The van der Waals surface area contributed by atoms with Crippen LogP contribution in [0.25, 0.3) is 55.6 Å². The lowest BCUT2D eigenvalue weighted by molar-refractivity contribution is 0.489. The Bertz CT molecular complexity index is 1810. The lowest BCUT2D eigenvalue weighted by atomic mass is 10.0. The Labute approximate surface area is 232 Å². The lowest BCUT2D eigenvalue weighted by Gasteiger charge is -2.11. The van der Waals surface area contributed by atoms with Crippen LogP contribution >= 0.6 is 0 Å².